The summed E-state index contributed by atoms with van der Waals surface area (Å²) in [6.45, 7) is 2.62. The number of benzene rings is 1. The van der Waals surface area contributed by atoms with E-state index in [0.29, 0.717) is 10.0 Å². The lowest BCUT2D eigenvalue weighted by Crippen LogP contribution is -2.07. The Morgan fingerprint density at radius 1 is 1.22 bits per heavy atom. The summed E-state index contributed by atoms with van der Waals surface area (Å²) in [6.07, 6.45) is 2.55. The van der Waals surface area contributed by atoms with Gasteiger partial charge in [-0.05, 0) is 37.1 Å². The number of hydrogen-bond acceptors (Lipinski definition) is 3. The van der Waals surface area contributed by atoms with Crippen LogP contribution in [0.1, 0.15) is 11.4 Å². The number of nitrogens with zero attached hydrogens (tertiary/aromatic N) is 2. The third kappa shape index (κ3) is 3.59. The Morgan fingerprint density at radius 3 is 2.78 bits per heavy atom. The summed E-state index contributed by atoms with van der Waals surface area (Å²) < 4.78 is 0. The van der Waals surface area contributed by atoms with Gasteiger partial charge in [-0.1, -0.05) is 29.3 Å². The second-order valence-corrected chi connectivity index (χ2v) is 4.75. The number of aromatic nitrogens is 2. The average Bonchev–Trinajstić information content (AvgIpc) is 2.32. The van der Waals surface area contributed by atoms with E-state index >= 15 is 0 Å². The van der Waals surface area contributed by atoms with Gasteiger partial charge in [0.05, 0.1) is 0 Å². The third-order valence-electron chi connectivity index (χ3n) is 2.49. The zero-order chi connectivity index (χ0) is 13.0. The molecule has 0 aliphatic heterocycles. The predicted octanol–water partition coefficient (Wildman–Crippen LogP) is 3.75. The molecular weight excluding hydrogens is 269 g/mol. The average molecular weight is 282 g/mol. The van der Waals surface area contributed by atoms with Crippen LogP contribution in [0.3, 0.4) is 0 Å². The lowest BCUT2D eigenvalue weighted by atomic mass is 10.1. The van der Waals surface area contributed by atoms with Crippen molar-refractivity contribution in [3.63, 3.8) is 0 Å². The number of aryl methyl sites for hydroxylation is 1. The van der Waals surface area contributed by atoms with Crippen molar-refractivity contribution in [2.24, 2.45) is 0 Å². The van der Waals surface area contributed by atoms with E-state index in [1.54, 1.807) is 12.3 Å². The molecule has 94 valence electrons. The molecule has 2 rings (SSSR count). The first-order valence-corrected chi connectivity index (χ1v) is 6.38. The molecule has 0 atom stereocenters. The molecule has 0 bridgehead atoms. The van der Waals surface area contributed by atoms with E-state index in [1.807, 2.05) is 25.1 Å². The Labute approximate surface area is 116 Å². The maximum absolute atomic E-state index is 6.10. The molecule has 0 saturated carbocycles. The molecule has 0 aliphatic carbocycles. The maximum atomic E-state index is 6.10. The number of rotatable bonds is 4. The molecule has 0 amide bonds. The van der Waals surface area contributed by atoms with Crippen LogP contribution in [0.2, 0.25) is 10.0 Å². The van der Waals surface area contributed by atoms with E-state index in [1.165, 1.54) is 0 Å². The molecule has 1 aromatic carbocycles. The van der Waals surface area contributed by atoms with Gasteiger partial charge in [-0.2, -0.15) is 0 Å². The number of hydrogen-bond donors (Lipinski definition) is 1. The van der Waals surface area contributed by atoms with Crippen molar-refractivity contribution in [3.8, 4) is 0 Å². The predicted molar refractivity (Wildman–Crippen MR) is 75.4 cm³/mol. The van der Waals surface area contributed by atoms with E-state index in [2.05, 4.69) is 15.3 Å². The summed E-state index contributed by atoms with van der Waals surface area (Å²) in [4.78, 5) is 8.31. The summed E-state index contributed by atoms with van der Waals surface area (Å²) in [5.74, 6) is 1.58. The van der Waals surface area contributed by atoms with Gasteiger partial charge in [-0.3, -0.25) is 0 Å². The fourth-order valence-corrected chi connectivity index (χ4v) is 2.11. The number of nitrogens with one attached hydrogen (secondary N) is 1. The molecule has 0 unspecified atom stereocenters. The zero-order valence-corrected chi connectivity index (χ0v) is 11.5. The second kappa shape index (κ2) is 6.03. The van der Waals surface area contributed by atoms with Crippen LogP contribution in [0.5, 0.6) is 0 Å². The van der Waals surface area contributed by atoms with Crippen LogP contribution >= 0.6 is 23.2 Å². The summed E-state index contributed by atoms with van der Waals surface area (Å²) >= 11 is 11.9. The van der Waals surface area contributed by atoms with Gasteiger partial charge in [-0.25, -0.2) is 9.97 Å². The molecule has 5 heteroatoms. The summed E-state index contributed by atoms with van der Waals surface area (Å²) in [6, 6.07) is 7.39. The van der Waals surface area contributed by atoms with Crippen LogP contribution in [-0.4, -0.2) is 16.5 Å². The van der Waals surface area contributed by atoms with Gasteiger partial charge >= 0.3 is 0 Å². The van der Waals surface area contributed by atoms with E-state index < -0.39 is 0 Å². The lowest BCUT2D eigenvalue weighted by molar-refractivity contribution is 0.981. The highest BCUT2D eigenvalue weighted by Crippen LogP contribution is 2.21. The Hall–Kier alpha value is -1.32. The molecule has 2 aromatic rings. The number of anilines is 1. The Kier molecular flexibility index (Phi) is 4.39. The van der Waals surface area contributed by atoms with Crippen molar-refractivity contribution in [1.82, 2.24) is 9.97 Å². The summed E-state index contributed by atoms with van der Waals surface area (Å²) in [5.41, 5.74) is 1.07. The minimum absolute atomic E-state index is 0.656. The normalized spacial score (nSPS) is 10.4. The highest BCUT2D eigenvalue weighted by atomic mass is 35.5. The first-order valence-electron chi connectivity index (χ1n) is 5.62. The first kappa shape index (κ1) is 13.1. The largest absolute Gasteiger partial charge is 0.370 e. The van der Waals surface area contributed by atoms with Crippen LogP contribution in [0.25, 0.3) is 0 Å². The molecule has 0 spiro atoms. The molecule has 0 saturated heterocycles. The van der Waals surface area contributed by atoms with Crippen molar-refractivity contribution in [1.29, 1.82) is 0 Å². The Morgan fingerprint density at radius 2 is 2.06 bits per heavy atom. The monoisotopic (exact) mass is 281 g/mol. The van der Waals surface area contributed by atoms with E-state index in [9.17, 15) is 0 Å². The highest BCUT2D eigenvalue weighted by molar-refractivity contribution is 6.35. The van der Waals surface area contributed by atoms with E-state index in [0.717, 1.165) is 30.2 Å². The third-order valence-corrected chi connectivity index (χ3v) is 3.08. The van der Waals surface area contributed by atoms with Crippen LogP contribution in [0.4, 0.5) is 5.82 Å². The molecule has 1 N–H and O–H groups in total. The van der Waals surface area contributed by atoms with E-state index in [4.69, 9.17) is 23.2 Å². The molecule has 0 fully saturated rings. The molecule has 1 heterocycles. The van der Waals surface area contributed by atoms with Crippen LogP contribution < -0.4 is 5.32 Å². The van der Waals surface area contributed by atoms with Gasteiger partial charge in [-0.15, -0.1) is 0 Å². The Bertz CT molecular complexity index is 544. The van der Waals surface area contributed by atoms with Crippen molar-refractivity contribution in [3.05, 3.63) is 51.9 Å². The smallest absolute Gasteiger partial charge is 0.129 e. The molecular formula is C13H13Cl2N3. The minimum Gasteiger partial charge on any atom is -0.370 e. The quantitative estimate of drug-likeness (QED) is 0.928. The van der Waals surface area contributed by atoms with Crippen molar-refractivity contribution in [2.75, 3.05) is 11.9 Å². The molecule has 1 aromatic heterocycles. The molecule has 0 aliphatic rings. The van der Waals surface area contributed by atoms with Gasteiger partial charge in [0.1, 0.15) is 11.6 Å². The van der Waals surface area contributed by atoms with Crippen molar-refractivity contribution in [2.45, 2.75) is 13.3 Å². The fraction of sp³-hybridized carbons (Fsp3) is 0.231. The van der Waals surface area contributed by atoms with Crippen LogP contribution in [-0.2, 0) is 6.42 Å². The minimum atomic E-state index is 0.656. The molecule has 0 radical (unpaired) electrons. The zero-order valence-electron chi connectivity index (χ0n) is 9.95. The molecule has 3 nitrogen and oxygen atoms in total. The van der Waals surface area contributed by atoms with Crippen molar-refractivity contribution < 1.29 is 0 Å². The second-order valence-electron chi connectivity index (χ2n) is 3.90. The van der Waals surface area contributed by atoms with Crippen LogP contribution in [0, 0.1) is 6.92 Å². The topological polar surface area (TPSA) is 37.8 Å². The first-order chi connectivity index (χ1) is 8.65. The summed E-state index contributed by atoms with van der Waals surface area (Å²) in [7, 11) is 0. The SMILES string of the molecule is Cc1nccc(NCCc2ccc(Cl)cc2Cl)n1. The van der Waals surface area contributed by atoms with Gasteiger partial charge in [0.25, 0.3) is 0 Å². The van der Waals surface area contributed by atoms with Gasteiger partial charge in [0, 0.05) is 22.8 Å². The Balaban J connectivity index is 1.92. The van der Waals surface area contributed by atoms with E-state index in [-0.39, 0.29) is 0 Å². The van der Waals surface area contributed by atoms with Gasteiger partial charge < -0.3 is 5.32 Å². The van der Waals surface area contributed by atoms with Gasteiger partial charge in [0.15, 0.2) is 0 Å². The summed E-state index contributed by atoms with van der Waals surface area (Å²) in [5, 5.41) is 4.59. The lowest BCUT2D eigenvalue weighted by Gasteiger charge is -2.07. The highest BCUT2D eigenvalue weighted by Gasteiger charge is 2.01. The van der Waals surface area contributed by atoms with Crippen molar-refractivity contribution >= 4 is 29.0 Å². The fourth-order valence-electron chi connectivity index (χ4n) is 1.60. The number of halogens is 2. The molecule has 18 heavy (non-hydrogen) atoms. The maximum Gasteiger partial charge on any atom is 0.129 e. The van der Waals surface area contributed by atoms with Gasteiger partial charge in [0.2, 0.25) is 0 Å². The standard InChI is InChI=1S/C13H13Cl2N3/c1-9-16-7-5-13(18-9)17-6-4-10-2-3-11(14)8-12(10)15/h2-3,5,7-8H,4,6H2,1H3,(H,16,17,18). The van der Waals surface area contributed by atoms with Crippen LogP contribution in [0.15, 0.2) is 30.5 Å².